The van der Waals surface area contributed by atoms with E-state index in [2.05, 4.69) is 0 Å². The van der Waals surface area contributed by atoms with E-state index in [1.165, 1.54) is 29.2 Å². The second kappa shape index (κ2) is 7.62. The normalized spacial score (nSPS) is 17.0. The van der Waals surface area contributed by atoms with Crippen molar-refractivity contribution < 1.29 is 23.9 Å². The summed E-state index contributed by atoms with van der Waals surface area (Å²) in [6, 6.07) is 7.41. The molecule has 8 heteroatoms. The number of carboxylic acids is 1. The summed E-state index contributed by atoms with van der Waals surface area (Å²) in [7, 11) is 0. The first-order valence-electron chi connectivity index (χ1n) is 8.22. The van der Waals surface area contributed by atoms with Gasteiger partial charge in [0.05, 0.1) is 15.5 Å². The highest BCUT2D eigenvalue weighted by atomic mass is 35.5. The van der Waals surface area contributed by atoms with Gasteiger partial charge >= 0.3 is 5.97 Å². The molecule has 2 aromatic rings. The number of imide groups is 1. The number of amides is 2. The number of carbonyl (C=O) groups is 3. The summed E-state index contributed by atoms with van der Waals surface area (Å²) < 4.78 is 5.70. The fourth-order valence-electron chi connectivity index (χ4n) is 2.59. The molecule has 0 saturated carbocycles. The second-order valence-electron chi connectivity index (χ2n) is 6.01. The SMILES string of the molecule is CC[C@@H](C)N1C(=O)SC(=Cc2ccc(-c3cc(C(=O)O)ccc3Cl)o2)C1=O. The van der Waals surface area contributed by atoms with Crippen LogP contribution in [0.15, 0.2) is 39.7 Å². The fraction of sp³-hybridized carbons (Fsp3) is 0.211. The average molecular weight is 406 g/mol. The number of benzene rings is 1. The molecule has 0 radical (unpaired) electrons. The van der Waals surface area contributed by atoms with Gasteiger partial charge in [0.25, 0.3) is 11.1 Å². The Hall–Kier alpha value is -2.51. The first-order valence-corrected chi connectivity index (χ1v) is 9.41. The number of furan rings is 1. The lowest BCUT2D eigenvalue weighted by Gasteiger charge is -2.19. The zero-order valence-corrected chi connectivity index (χ0v) is 16.1. The van der Waals surface area contributed by atoms with Gasteiger partial charge in [-0.2, -0.15) is 0 Å². The molecule has 27 heavy (non-hydrogen) atoms. The Labute approximate surface area is 164 Å². The third kappa shape index (κ3) is 3.79. The van der Waals surface area contributed by atoms with Crippen LogP contribution in [0.3, 0.4) is 0 Å². The van der Waals surface area contributed by atoms with E-state index in [1.807, 2.05) is 13.8 Å². The maximum absolute atomic E-state index is 12.5. The average Bonchev–Trinajstić information content (AvgIpc) is 3.19. The van der Waals surface area contributed by atoms with Crippen LogP contribution in [0.2, 0.25) is 5.02 Å². The van der Waals surface area contributed by atoms with Crippen molar-refractivity contribution in [1.82, 2.24) is 4.90 Å². The van der Waals surface area contributed by atoms with Crippen molar-refractivity contribution in [2.24, 2.45) is 0 Å². The van der Waals surface area contributed by atoms with Crippen molar-refractivity contribution >= 4 is 46.6 Å². The van der Waals surface area contributed by atoms with Gasteiger partial charge in [-0.1, -0.05) is 18.5 Å². The molecule has 6 nitrogen and oxygen atoms in total. The number of nitrogens with zero attached hydrogens (tertiary/aromatic N) is 1. The monoisotopic (exact) mass is 405 g/mol. The van der Waals surface area contributed by atoms with Gasteiger partial charge in [-0.05, 0) is 55.4 Å². The first-order chi connectivity index (χ1) is 12.8. The summed E-state index contributed by atoms with van der Waals surface area (Å²) in [5, 5.41) is 9.17. The molecule has 1 saturated heterocycles. The van der Waals surface area contributed by atoms with E-state index in [1.54, 1.807) is 12.1 Å². The predicted octanol–water partition coefficient (Wildman–Crippen LogP) is 5.13. The molecule has 140 valence electrons. The maximum atomic E-state index is 12.5. The first kappa shape index (κ1) is 19.3. The smallest absolute Gasteiger partial charge is 0.335 e. The molecule has 2 heterocycles. The molecule has 0 unspecified atom stereocenters. The highest BCUT2D eigenvalue weighted by Crippen LogP contribution is 2.36. The largest absolute Gasteiger partial charge is 0.478 e. The van der Waals surface area contributed by atoms with Gasteiger partial charge in [0.15, 0.2) is 0 Å². The maximum Gasteiger partial charge on any atom is 0.335 e. The van der Waals surface area contributed by atoms with Gasteiger partial charge in [0.1, 0.15) is 11.5 Å². The molecule has 0 bridgehead atoms. The molecular formula is C19H16ClNO5S. The molecule has 1 atom stereocenters. The van der Waals surface area contributed by atoms with Crippen molar-refractivity contribution in [3.05, 3.63) is 51.6 Å². The molecule has 1 N–H and O–H groups in total. The minimum Gasteiger partial charge on any atom is -0.478 e. The molecule has 0 spiro atoms. The number of hydrogen-bond donors (Lipinski definition) is 1. The highest BCUT2D eigenvalue weighted by Gasteiger charge is 2.37. The Morgan fingerprint density at radius 2 is 2.07 bits per heavy atom. The quantitative estimate of drug-likeness (QED) is 0.693. The van der Waals surface area contributed by atoms with E-state index in [-0.39, 0.29) is 27.7 Å². The van der Waals surface area contributed by atoms with Crippen molar-refractivity contribution in [2.75, 3.05) is 0 Å². The van der Waals surface area contributed by atoms with Gasteiger partial charge in [-0.3, -0.25) is 14.5 Å². The Bertz CT molecular complexity index is 965. The highest BCUT2D eigenvalue weighted by molar-refractivity contribution is 8.18. The van der Waals surface area contributed by atoms with Crippen LogP contribution in [-0.2, 0) is 4.79 Å². The Kier molecular flexibility index (Phi) is 5.43. The molecule has 1 aliphatic rings. The van der Waals surface area contributed by atoms with Gasteiger partial charge in [-0.15, -0.1) is 0 Å². The number of aromatic carboxylic acids is 1. The number of thioether (sulfide) groups is 1. The topological polar surface area (TPSA) is 87.8 Å². The lowest BCUT2D eigenvalue weighted by Crippen LogP contribution is -2.36. The lowest BCUT2D eigenvalue weighted by atomic mass is 10.1. The minimum absolute atomic E-state index is 0.0852. The predicted molar refractivity (Wildman–Crippen MR) is 104 cm³/mol. The Morgan fingerprint density at radius 1 is 1.33 bits per heavy atom. The fourth-order valence-corrected chi connectivity index (χ4v) is 3.71. The van der Waals surface area contributed by atoms with Crippen LogP contribution < -0.4 is 0 Å². The zero-order valence-electron chi connectivity index (χ0n) is 14.6. The zero-order chi connectivity index (χ0) is 19.7. The molecule has 2 amide bonds. The van der Waals surface area contributed by atoms with Gasteiger partial charge < -0.3 is 9.52 Å². The number of carboxylic acid groups (broad SMARTS) is 1. The molecule has 3 rings (SSSR count). The van der Waals surface area contributed by atoms with Crippen molar-refractivity contribution in [2.45, 2.75) is 26.3 Å². The van der Waals surface area contributed by atoms with Crippen LogP contribution in [0.1, 0.15) is 36.4 Å². The van der Waals surface area contributed by atoms with Crippen molar-refractivity contribution in [1.29, 1.82) is 0 Å². The summed E-state index contributed by atoms with van der Waals surface area (Å²) >= 11 is 7.02. The van der Waals surface area contributed by atoms with Crippen LogP contribution in [0.5, 0.6) is 0 Å². The van der Waals surface area contributed by atoms with Crippen molar-refractivity contribution in [3.8, 4) is 11.3 Å². The molecule has 1 aliphatic heterocycles. The van der Waals surface area contributed by atoms with Crippen LogP contribution in [0.25, 0.3) is 17.4 Å². The summed E-state index contributed by atoms with van der Waals surface area (Å²) in [5.74, 6) is -0.673. The van der Waals surface area contributed by atoms with E-state index < -0.39 is 5.97 Å². The van der Waals surface area contributed by atoms with E-state index in [9.17, 15) is 14.4 Å². The van der Waals surface area contributed by atoms with Gasteiger partial charge in [-0.25, -0.2) is 4.79 Å². The minimum atomic E-state index is -1.07. The van der Waals surface area contributed by atoms with E-state index >= 15 is 0 Å². The molecule has 0 aliphatic carbocycles. The standard InChI is InChI=1S/C19H16ClNO5S/c1-3-10(2)21-17(22)16(27-19(21)25)9-12-5-7-15(26-12)13-8-11(18(23)24)4-6-14(13)20/h4-10H,3H2,1-2H3,(H,23,24)/t10-/m1/s1. The summed E-state index contributed by atoms with van der Waals surface area (Å²) in [6.07, 6.45) is 2.18. The number of rotatable bonds is 5. The third-order valence-electron chi connectivity index (χ3n) is 4.23. The van der Waals surface area contributed by atoms with Crippen LogP contribution in [-0.4, -0.2) is 33.2 Å². The molecule has 1 fully saturated rings. The van der Waals surface area contributed by atoms with E-state index in [0.717, 1.165) is 11.8 Å². The number of carbonyl (C=O) groups excluding carboxylic acids is 2. The molecule has 1 aromatic heterocycles. The molecular weight excluding hydrogens is 390 g/mol. The Balaban J connectivity index is 1.90. The number of halogens is 1. The van der Waals surface area contributed by atoms with E-state index in [0.29, 0.717) is 28.5 Å². The second-order valence-corrected chi connectivity index (χ2v) is 7.41. The summed E-state index contributed by atoms with van der Waals surface area (Å²) in [6.45, 7) is 3.73. The molecule has 1 aromatic carbocycles. The van der Waals surface area contributed by atoms with E-state index in [4.69, 9.17) is 21.1 Å². The van der Waals surface area contributed by atoms with Crippen LogP contribution in [0, 0.1) is 0 Å². The Morgan fingerprint density at radius 3 is 2.74 bits per heavy atom. The van der Waals surface area contributed by atoms with Gasteiger partial charge in [0.2, 0.25) is 0 Å². The number of hydrogen-bond acceptors (Lipinski definition) is 5. The third-order valence-corrected chi connectivity index (χ3v) is 5.45. The lowest BCUT2D eigenvalue weighted by molar-refractivity contribution is -0.124. The summed E-state index contributed by atoms with van der Waals surface area (Å²) in [4.78, 5) is 37.2. The van der Waals surface area contributed by atoms with Crippen molar-refractivity contribution in [3.63, 3.8) is 0 Å². The van der Waals surface area contributed by atoms with Crippen LogP contribution in [0.4, 0.5) is 4.79 Å². The van der Waals surface area contributed by atoms with Gasteiger partial charge in [0, 0.05) is 17.7 Å². The van der Waals surface area contributed by atoms with Crippen LogP contribution >= 0.6 is 23.4 Å². The summed E-state index contributed by atoms with van der Waals surface area (Å²) in [5.41, 5.74) is 0.519.